The largest absolute Gasteiger partial charge is 0.459 e. The Kier molecular flexibility index (Phi) is 7.83. The number of carbonyl (C=O) groups excluding carboxylic acids is 1. The summed E-state index contributed by atoms with van der Waals surface area (Å²) in [6, 6.07) is 9.70. The Bertz CT molecular complexity index is 1190. The lowest BCUT2D eigenvalue weighted by molar-refractivity contribution is -0.151. The van der Waals surface area contributed by atoms with Gasteiger partial charge in [-0.2, -0.15) is 0 Å². The smallest absolute Gasteiger partial charge is 0.286 e. The van der Waals surface area contributed by atoms with Crippen LogP contribution in [0.25, 0.3) is 5.69 Å². The highest BCUT2D eigenvalue weighted by Gasteiger charge is 2.41. The molecule has 1 aliphatic heterocycles. The van der Waals surface area contributed by atoms with Crippen LogP contribution in [0.2, 0.25) is 0 Å². The maximum atomic E-state index is 13.7. The average Bonchev–Trinajstić information content (AvgIpc) is 3.58. The molecule has 0 radical (unpaired) electrons. The summed E-state index contributed by atoms with van der Waals surface area (Å²) in [7, 11) is 1.87. The minimum atomic E-state index is -0.697. The average molecular weight is 512 g/mol. The molecule has 2 N–H and O–H groups in total. The zero-order valence-corrected chi connectivity index (χ0v) is 21.6. The maximum absolute atomic E-state index is 13.7. The van der Waals surface area contributed by atoms with E-state index in [0.717, 1.165) is 17.8 Å². The molecule has 37 heavy (non-hydrogen) atoms. The van der Waals surface area contributed by atoms with Crippen molar-refractivity contribution < 1.29 is 24.1 Å². The third-order valence-corrected chi connectivity index (χ3v) is 8.07. The lowest BCUT2D eigenvalue weighted by Gasteiger charge is -2.30. The maximum Gasteiger partial charge on any atom is 0.286 e. The second-order valence-corrected chi connectivity index (χ2v) is 10.4. The normalized spacial score (nSPS) is 26.7. The van der Waals surface area contributed by atoms with Gasteiger partial charge in [-0.05, 0) is 56.2 Å². The zero-order chi connectivity index (χ0) is 25.9. The molecule has 3 aliphatic rings. The van der Waals surface area contributed by atoms with E-state index in [2.05, 4.69) is 5.32 Å². The molecule has 0 saturated heterocycles. The number of hydrogen-bond donors (Lipinski definition) is 2. The summed E-state index contributed by atoms with van der Waals surface area (Å²) < 4.78 is 20.7. The number of para-hydroxylation sites is 1. The fourth-order valence-corrected chi connectivity index (χ4v) is 6.20. The molecule has 2 saturated carbocycles. The number of ether oxygens (including phenoxy) is 3. The molecule has 0 spiro atoms. The molecule has 5 rings (SSSR count). The van der Waals surface area contributed by atoms with Crippen LogP contribution in [0.1, 0.15) is 49.3 Å². The number of rotatable bonds is 10. The van der Waals surface area contributed by atoms with Gasteiger partial charge in [0, 0.05) is 36.7 Å². The molecule has 9 heteroatoms. The summed E-state index contributed by atoms with van der Waals surface area (Å²) in [4.78, 5) is 27.0. The number of nitrogens with one attached hydrogen (secondary N) is 1. The highest BCUT2D eigenvalue weighted by atomic mass is 16.7. The van der Waals surface area contributed by atoms with Crippen LogP contribution in [0.5, 0.6) is 0 Å². The molecule has 1 amide bonds. The molecule has 3 unspecified atom stereocenters. The van der Waals surface area contributed by atoms with E-state index in [-0.39, 0.29) is 49.0 Å². The standard InChI is InChI=1S/C28H37N3O6/c1-18-26(28(34)31(30(18)2)22-6-4-3-5-7-22)21-16-24(37-25(17-21)36-13-12-35-11-10-32)27(33)29-23-15-19-8-9-20(23)14-19/h3-7,16,19-21,23,25,32H,8-15,17H2,1-2H3,(H,29,33)/t19?,20?,21-,23?,25+/m0/s1. The fourth-order valence-electron chi connectivity index (χ4n) is 6.20. The van der Waals surface area contributed by atoms with Crippen LogP contribution in [0.3, 0.4) is 0 Å². The summed E-state index contributed by atoms with van der Waals surface area (Å²) in [5.41, 5.74) is 2.12. The number of hydrogen-bond acceptors (Lipinski definition) is 6. The van der Waals surface area contributed by atoms with Gasteiger partial charge in [0.1, 0.15) is 0 Å². The van der Waals surface area contributed by atoms with Gasteiger partial charge in [0.05, 0.1) is 32.1 Å². The lowest BCUT2D eigenvalue weighted by Crippen LogP contribution is -2.41. The highest BCUT2D eigenvalue weighted by molar-refractivity contribution is 5.92. The van der Waals surface area contributed by atoms with Crippen LogP contribution in [-0.2, 0) is 26.1 Å². The molecule has 2 heterocycles. The van der Waals surface area contributed by atoms with E-state index in [1.807, 2.05) is 49.0 Å². The van der Waals surface area contributed by atoms with Crippen molar-refractivity contribution in [2.75, 3.05) is 26.4 Å². The second-order valence-electron chi connectivity index (χ2n) is 10.4. The Morgan fingerprint density at radius 1 is 1.14 bits per heavy atom. The molecule has 1 aromatic heterocycles. The van der Waals surface area contributed by atoms with Crippen LogP contribution in [0.15, 0.2) is 47.0 Å². The van der Waals surface area contributed by atoms with Crippen molar-refractivity contribution in [1.29, 1.82) is 0 Å². The first-order valence-electron chi connectivity index (χ1n) is 13.3. The Hall–Kier alpha value is -2.88. The molecule has 1 aromatic carbocycles. The van der Waals surface area contributed by atoms with Gasteiger partial charge in [0.25, 0.3) is 11.5 Å². The molecule has 9 nitrogen and oxygen atoms in total. The summed E-state index contributed by atoms with van der Waals surface area (Å²) in [5.74, 6) is 0.863. The topological polar surface area (TPSA) is 104 Å². The van der Waals surface area contributed by atoms with Gasteiger partial charge in [0.2, 0.25) is 6.29 Å². The Balaban J connectivity index is 1.40. The first kappa shape index (κ1) is 25.8. The predicted molar refractivity (Wildman–Crippen MR) is 137 cm³/mol. The number of aromatic nitrogens is 2. The summed E-state index contributed by atoms with van der Waals surface area (Å²) >= 11 is 0. The van der Waals surface area contributed by atoms with E-state index in [9.17, 15) is 9.59 Å². The van der Waals surface area contributed by atoms with Crippen LogP contribution in [0.4, 0.5) is 0 Å². The van der Waals surface area contributed by atoms with E-state index >= 15 is 0 Å². The molecule has 2 fully saturated rings. The van der Waals surface area contributed by atoms with Crippen molar-refractivity contribution in [2.24, 2.45) is 18.9 Å². The molecule has 2 bridgehead atoms. The van der Waals surface area contributed by atoms with Gasteiger partial charge in [-0.1, -0.05) is 24.6 Å². The molecule has 5 atom stereocenters. The van der Waals surface area contributed by atoms with Crippen LogP contribution < -0.4 is 10.9 Å². The van der Waals surface area contributed by atoms with E-state index in [0.29, 0.717) is 30.4 Å². The fraction of sp³-hybridized carbons (Fsp3) is 0.571. The zero-order valence-electron chi connectivity index (χ0n) is 21.6. The molecular formula is C28H37N3O6. The van der Waals surface area contributed by atoms with Crippen molar-refractivity contribution >= 4 is 5.91 Å². The predicted octanol–water partition coefficient (Wildman–Crippen LogP) is 2.53. The van der Waals surface area contributed by atoms with Crippen LogP contribution in [-0.4, -0.2) is 59.1 Å². The highest BCUT2D eigenvalue weighted by Crippen LogP contribution is 2.44. The van der Waals surface area contributed by atoms with Crippen LogP contribution >= 0.6 is 0 Å². The quantitative estimate of drug-likeness (QED) is 0.475. The monoisotopic (exact) mass is 511 g/mol. The minimum absolute atomic E-state index is 0.0565. The third kappa shape index (κ3) is 5.39. The van der Waals surface area contributed by atoms with Gasteiger partial charge in [-0.15, -0.1) is 0 Å². The van der Waals surface area contributed by atoms with Gasteiger partial charge in [-0.3, -0.25) is 14.3 Å². The first-order valence-corrected chi connectivity index (χ1v) is 13.3. The van der Waals surface area contributed by atoms with E-state index in [4.69, 9.17) is 19.3 Å². The van der Waals surface area contributed by atoms with Crippen molar-refractivity contribution in [3.63, 3.8) is 0 Å². The number of carbonyl (C=O) groups is 1. The van der Waals surface area contributed by atoms with E-state index in [1.165, 1.54) is 19.3 Å². The number of nitrogens with zero attached hydrogens (tertiary/aromatic N) is 2. The minimum Gasteiger partial charge on any atom is -0.459 e. The van der Waals surface area contributed by atoms with Gasteiger partial charge < -0.3 is 24.6 Å². The summed E-state index contributed by atoms with van der Waals surface area (Å²) in [6.07, 6.45) is 6.12. The number of aliphatic hydroxyl groups is 1. The van der Waals surface area contributed by atoms with E-state index in [1.54, 1.807) is 10.8 Å². The van der Waals surface area contributed by atoms with Crippen molar-refractivity contribution in [3.05, 3.63) is 63.8 Å². The third-order valence-electron chi connectivity index (χ3n) is 8.07. The molecule has 200 valence electrons. The number of benzene rings is 1. The Labute approximate surface area is 217 Å². The lowest BCUT2D eigenvalue weighted by atomic mass is 9.92. The molecule has 2 aromatic rings. The summed E-state index contributed by atoms with van der Waals surface area (Å²) in [5, 5.41) is 12.1. The van der Waals surface area contributed by atoms with Crippen molar-refractivity contribution in [3.8, 4) is 5.69 Å². The SMILES string of the molecule is Cc1c([C@H]2C=C(C(=O)NC3CC4CCC3C4)O[C@@H](OCCOCCO)C2)c(=O)n(-c2ccccc2)n1C. The number of aliphatic hydroxyl groups excluding tert-OH is 1. The van der Waals surface area contributed by atoms with Gasteiger partial charge in [-0.25, -0.2) is 4.68 Å². The second kappa shape index (κ2) is 11.2. The number of allylic oxidation sites excluding steroid dienone is 1. The Morgan fingerprint density at radius 2 is 1.95 bits per heavy atom. The van der Waals surface area contributed by atoms with E-state index < -0.39 is 6.29 Å². The number of amides is 1. The van der Waals surface area contributed by atoms with Crippen LogP contribution in [0, 0.1) is 18.8 Å². The van der Waals surface area contributed by atoms with Crippen molar-refractivity contribution in [1.82, 2.24) is 14.7 Å². The Morgan fingerprint density at radius 3 is 2.65 bits per heavy atom. The molecule has 2 aliphatic carbocycles. The molecular weight excluding hydrogens is 474 g/mol. The first-order chi connectivity index (χ1) is 18.0. The number of fused-ring (bicyclic) bond motifs is 2. The van der Waals surface area contributed by atoms with Crippen molar-refractivity contribution in [2.45, 2.75) is 57.3 Å². The summed E-state index contributed by atoms with van der Waals surface area (Å²) in [6.45, 7) is 2.65. The van der Waals surface area contributed by atoms with Gasteiger partial charge in [0.15, 0.2) is 5.76 Å². The van der Waals surface area contributed by atoms with Gasteiger partial charge >= 0.3 is 0 Å².